The summed E-state index contributed by atoms with van der Waals surface area (Å²) >= 11 is 0. The Hall–Kier alpha value is -2.68. The molecular weight excluding hydrogens is 316 g/mol. The predicted octanol–water partition coefficient (Wildman–Crippen LogP) is 0.284. The molecule has 9 nitrogen and oxygen atoms in total. The van der Waals surface area contributed by atoms with Crippen molar-refractivity contribution in [3.8, 4) is 0 Å². The molecule has 2 atom stereocenters. The molecule has 2 N–H and O–H groups in total. The number of pyridine rings is 1. The zero-order valence-corrected chi connectivity index (χ0v) is 13.1. The Morgan fingerprint density at radius 2 is 2.42 bits per heavy atom. The molecule has 128 valence electrons. The van der Waals surface area contributed by atoms with E-state index in [2.05, 4.69) is 20.1 Å². The summed E-state index contributed by atoms with van der Waals surface area (Å²) in [7, 11) is 1.44. The standard InChI is InChI=1S/C14H16N4O3.CH2O2/c1-20-13(19)14-7-18(5-9(14)6-21-8-14)11-2-3-15-12-10(11)4-16-17-12;2-1-3/h2-4,9H,5-8H2,1H3,(H,15,16,17);1H,(H,2,3)/t9-,14-;/m0./s1. The van der Waals surface area contributed by atoms with E-state index in [1.54, 1.807) is 12.4 Å². The maximum Gasteiger partial charge on any atom is 0.316 e. The van der Waals surface area contributed by atoms with Gasteiger partial charge in [0.1, 0.15) is 5.41 Å². The van der Waals surface area contributed by atoms with E-state index in [1.807, 2.05) is 6.07 Å². The molecule has 24 heavy (non-hydrogen) atoms. The minimum Gasteiger partial charge on any atom is -0.483 e. The van der Waals surface area contributed by atoms with Crippen molar-refractivity contribution in [3.63, 3.8) is 0 Å². The summed E-state index contributed by atoms with van der Waals surface area (Å²) < 4.78 is 10.6. The van der Waals surface area contributed by atoms with E-state index in [0.29, 0.717) is 19.8 Å². The van der Waals surface area contributed by atoms with Gasteiger partial charge in [0.05, 0.1) is 37.6 Å². The monoisotopic (exact) mass is 334 g/mol. The SMILES string of the molecule is COC(=O)[C@@]12COC[C@@H]1CN(c1ccnc3[nH]ncc13)C2.O=CO. The third-order valence-electron chi connectivity index (χ3n) is 4.64. The Bertz CT molecular complexity index is 748. The first-order valence-electron chi connectivity index (χ1n) is 7.43. The summed E-state index contributed by atoms with van der Waals surface area (Å²) in [5.41, 5.74) is 1.26. The molecule has 0 bridgehead atoms. The molecule has 2 saturated heterocycles. The second-order valence-electron chi connectivity index (χ2n) is 5.81. The summed E-state index contributed by atoms with van der Waals surface area (Å²) in [6.45, 7) is 2.17. The molecule has 2 aliphatic heterocycles. The number of nitrogens with zero attached hydrogens (tertiary/aromatic N) is 3. The van der Waals surface area contributed by atoms with Gasteiger partial charge in [-0.25, -0.2) is 4.98 Å². The lowest BCUT2D eigenvalue weighted by Gasteiger charge is -2.24. The van der Waals surface area contributed by atoms with Crippen LogP contribution in [0.4, 0.5) is 5.69 Å². The largest absolute Gasteiger partial charge is 0.483 e. The molecule has 0 amide bonds. The van der Waals surface area contributed by atoms with E-state index in [9.17, 15) is 4.79 Å². The van der Waals surface area contributed by atoms with Gasteiger partial charge in [-0.1, -0.05) is 0 Å². The van der Waals surface area contributed by atoms with Crippen molar-refractivity contribution in [1.82, 2.24) is 15.2 Å². The molecule has 4 heterocycles. The fourth-order valence-electron chi connectivity index (χ4n) is 3.52. The maximum atomic E-state index is 12.2. The second-order valence-corrected chi connectivity index (χ2v) is 5.81. The Morgan fingerprint density at radius 3 is 3.17 bits per heavy atom. The number of fused-ring (bicyclic) bond motifs is 2. The Labute approximate surface area is 137 Å². The number of carbonyl (C=O) groups excluding carboxylic acids is 1. The van der Waals surface area contributed by atoms with Crippen molar-refractivity contribution in [1.29, 1.82) is 0 Å². The quantitative estimate of drug-likeness (QED) is 0.594. The van der Waals surface area contributed by atoms with Crippen LogP contribution in [0.5, 0.6) is 0 Å². The van der Waals surface area contributed by atoms with Crippen LogP contribution in [0.2, 0.25) is 0 Å². The zero-order valence-electron chi connectivity index (χ0n) is 13.1. The van der Waals surface area contributed by atoms with Crippen molar-refractivity contribution in [2.45, 2.75) is 0 Å². The van der Waals surface area contributed by atoms with Crippen LogP contribution in [-0.4, -0.2) is 66.1 Å². The van der Waals surface area contributed by atoms with Crippen LogP contribution in [0.1, 0.15) is 0 Å². The van der Waals surface area contributed by atoms with Gasteiger partial charge >= 0.3 is 5.97 Å². The number of ether oxygens (including phenoxy) is 2. The minimum atomic E-state index is -0.548. The predicted molar refractivity (Wildman–Crippen MR) is 83.6 cm³/mol. The van der Waals surface area contributed by atoms with Crippen molar-refractivity contribution in [3.05, 3.63) is 18.5 Å². The average molecular weight is 334 g/mol. The fraction of sp³-hybridized carbons (Fsp3) is 0.467. The summed E-state index contributed by atoms with van der Waals surface area (Å²) in [5, 5.41) is 14.8. The van der Waals surface area contributed by atoms with Crippen LogP contribution in [-0.2, 0) is 19.1 Å². The highest BCUT2D eigenvalue weighted by Crippen LogP contribution is 2.44. The van der Waals surface area contributed by atoms with Crippen LogP contribution in [0.15, 0.2) is 18.5 Å². The summed E-state index contributed by atoms with van der Waals surface area (Å²) in [5.74, 6) is -0.00920. The number of nitrogens with one attached hydrogen (secondary N) is 1. The number of H-pyrrole nitrogens is 1. The first kappa shape index (κ1) is 16.2. The highest BCUT2D eigenvalue weighted by Gasteiger charge is 2.57. The minimum absolute atomic E-state index is 0.167. The van der Waals surface area contributed by atoms with Crippen LogP contribution >= 0.6 is 0 Å². The molecule has 0 aliphatic carbocycles. The summed E-state index contributed by atoms with van der Waals surface area (Å²) in [6.07, 6.45) is 3.53. The maximum absolute atomic E-state index is 12.2. The van der Waals surface area contributed by atoms with Crippen molar-refractivity contribution in [2.75, 3.05) is 38.3 Å². The average Bonchev–Trinajstić information content (AvgIpc) is 3.27. The molecule has 0 radical (unpaired) electrons. The number of hydrogen-bond donors (Lipinski definition) is 2. The molecule has 0 aromatic carbocycles. The lowest BCUT2D eigenvalue weighted by atomic mass is 9.81. The first-order valence-corrected chi connectivity index (χ1v) is 7.43. The van der Waals surface area contributed by atoms with Gasteiger partial charge in [-0.05, 0) is 6.07 Å². The molecular formula is C15H18N4O5. The van der Waals surface area contributed by atoms with E-state index >= 15 is 0 Å². The lowest BCUT2D eigenvalue weighted by Crippen LogP contribution is -2.40. The number of aromatic nitrogens is 3. The molecule has 0 unspecified atom stereocenters. The topological polar surface area (TPSA) is 118 Å². The van der Waals surface area contributed by atoms with Gasteiger partial charge in [0.2, 0.25) is 0 Å². The van der Waals surface area contributed by atoms with Crippen LogP contribution < -0.4 is 4.90 Å². The number of carboxylic acid groups (broad SMARTS) is 1. The Morgan fingerprint density at radius 1 is 1.62 bits per heavy atom. The van der Waals surface area contributed by atoms with E-state index in [-0.39, 0.29) is 18.4 Å². The number of aromatic amines is 1. The number of rotatable bonds is 2. The molecule has 9 heteroatoms. The Kier molecular flexibility index (Phi) is 4.34. The second kappa shape index (κ2) is 6.44. The van der Waals surface area contributed by atoms with Gasteiger partial charge < -0.3 is 19.5 Å². The molecule has 2 fully saturated rings. The molecule has 0 saturated carbocycles. The number of esters is 1. The van der Waals surface area contributed by atoms with Gasteiger partial charge in [0.25, 0.3) is 6.47 Å². The molecule has 0 spiro atoms. The fourth-order valence-corrected chi connectivity index (χ4v) is 3.52. The van der Waals surface area contributed by atoms with E-state index in [1.165, 1.54) is 7.11 Å². The number of methoxy groups -OCH3 is 1. The van der Waals surface area contributed by atoms with Crippen molar-refractivity contribution >= 4 is 29.2 Å². The lowest BCUT2D eigenvalue weighted by molar-refractivity contribution is -0.152. The van der Waals surface area contributed by atoms with E-state index < -0.39 is 5.41 Å². The van der Waals surface area contributed by atoms with E-state index in [4.69, 9.17) is 19.4 Å². The highest BCUT2D eigenvalue weighted by atomic mass is 16.5. The summed E-state index contributed by atoms with van der Waals surface area (Å²) in [4.78, 5) is 27.1. The highest BCUT2D eigenvalue weighted by molar-refractivity contribution is 5.90. The summed E-state index contributed by atoms with van der Waals surface area (Å²) in [6, 6.07) is 1.96. The van der Waals surface area contributed by atoms with Gasteiger partial charge in [-0.3, -0.25) is 14.7 Å². The van der Waals surface area contributed by atoms with Crippen molar-refractivity contribution < 1.29 is 24.2 Å². The van der Waals surface area contributed by atoms with Crippen molar-refractivity contribution in [2.24, 2.45) is 11.3 Å². The van der Waals surface area contributed by atoms with E-state index in [0.717, 1.165) is 23.3 Å². The normalized spacial score (nSPS) is 25.0. The Balaban J connectivity index is 0.000000526. The third-order valence-corrected chi connectivity index (χ3v) is 4.64. The van der Waals surface area contributed by atoms with Crippen LogP contribution in [0, 0.1) is 11.3 Å². The van der Waals surface area contributed by atoms with Gasteiger partial charge in [0, 0.05) is 25.2 Å². The smallest absolute Gasteiger partial charge is 0.316 e. The molecule has 4 rings (SSSR count). The van der Waals surface area contributed by atoms with Gasteiger partial charge in [-0.2, -0.15) is 5.10 Å². The zero-order chi connectivity index (χ0) is 17.2. The van der Waals surface area contributed by atoms with Crippen LogP contribution in [0.25, 0.3) is 11.0 Å². The number of anilines is 1. The van der Waals surface area contributed by atoms with Gasteiger partial charge in [0.15, 0.2) is 5.65 Å². The molecule has 2 aromatic rings. The number of carbonyl (C=O) groups is 2. The first-order chi connectivity index (χ1) is 11.7. The van der Waals surface area contributed by atoms with Crippen LogP contribution in [0.3, 0.4) is 0 Å². The number of hydrogen-bond acceptors (Lipinski definition) is 7. The third kappa shape index (κ3) is 2.46. The van der Waals surface area contributed by atoms with Gasteiger partial charge in [-0.15, -0.1) is 0 Å². The molecule has 2 aliphatic rings. The molecule has 2 aromatic heterocycles.